The molecule has 0 aliphatic rings. The summed E-state index contributed by atoms with van der Waals surface area (Å²) < 4.78 is 10.4. The van der Waals surface area contributed by atoms with Crippen LogP contribution in [0, 0.1) is 0 Å². The van der Waals surface area contributed by atoms with Crippen LogP contribution >= 0.6 is 11.6 Å². The van der Waals surface area contributed by atoms with Gasteiger partial charge in [-0.05, 0) is 6.42 Å². The maximum Gasteiger partial charge on any atom is 0.339 e. The zero-order valence-corrected chi connectivity index (χ0v) is 10.1. The average Bonchev–Trinajstić information content (AvgIpc) is 2.07. The Labute approximate surface area is 82.0 Å². The molecule has 0 aromatic rings. The van der Waals surface area contributed by atoms with E-state index in [0.717, 1.165) is 6.42 Å². The lowest BCUT2D eigenvalue weighted by atomic mass is 10.2. The molecule has 0 aliphatic carbocycles. The topological polar surface area (TPSA) is 18.5 Å². The fraction of sp³-hybridized carbons (Fsp3) is 1.00. The van der Waals surface area contributed by atoms with Crippen molar-refractivity contribution in [2.45, 2.75) is 37.6 Å². The molecular weight excluding hydrogens is 192 g/mol. The molecule has 0 bridgehead atoms. The zero-order valence-electron chi connectivity index (χ0n) is 8.18. The third kappa shape index (κ3) is 5.14. The summed E-state index contributed by atoms with van der Waals surface area (Å²) >= 11 is 6.09. The van der Waals surface area contributed by atoms with Crippen LogP contribution in [0.15, 0.2) is 0 Å². The van der Waals surface area contributed by atoms with Crippen molar-refractivity contribution in [2.75, 3.05) is 14.2 Å². The van der Waals surface area contributed by atoms with Gasteiger partial charge in [-0.3, -0.25) is 0 Å². The number of halogens is 1. The molecule has 0 saturated carbocycles. The van der Waals surface area contributed by atoms with E-state index in [-0.39, 0.29) is 5.00 Å². The van der Waals surface area contributed by atoms with E-state index in [2.05, 4.69) is 6.92 Å². The van der Waals surface area contributed by atoms with Gasteiger partial charge in [0.25, 0.3) is 0 Å². The molecule has 0 rings (SSSR count). The minimum absolute atomic E-state index is 0.117. The highest BCUT2D eigenvalue weighted by Crippen LogP contribution is 2.12. The molecule has 0 aromatic heterocycles. The van der Waals surface area contributed by atoms with Gasteiger partial charge in [-0.2, -0.15) is 0 Å². The van der Waals surface area contributed by atoms with Crippen molar-refractivity contribution in [3.63, 3.8) is 0 Å². The lowest BCUT2D eigenvalue weighted by Gasteiger charge is -2.16. The van der Waals surface area contributed by atoms with E-state index in [9.17, 15) is 0 Å². The van der Waals surface area contributed by atoms with Crippen LogP contribution < -0.4 is 0 Å². The lowest BCUT2D eigenvalue weighted by molar-refractivity contribution is 0.273. The first kappa shape index (κ1) is 12.4. The largest absolute Gasteiger partial charge is 0.399 e. The van der Waals surface area contributed by atoms with Crippen LogP contribution in [0.4, 0.5) is 0 Å². The summed E-state index contributed by atoms with van der Waals surface area (Å²) in [6.45, 7) is 2.19. The van der Waals surface area contributed by atoms with Gasteiger partial charge >= 0.3 is 9.28 Å². The normalized spacial score (nSPS) is 13.8. The molecule has 2 nitrogen and oxygen atoms in total. The molecule has 74 valence electrons. The van der Waals surface area contributed by atoms with Crippen molar-refractivity contribution in [2.24, 2.45) is 0 Å². The number of rotatable bonds is 7. The van der Waals surface area contributed by atoms with E-state index in [1.165, 1.54) is 19.3 Å². The summed E-state index contributed by atoms with van der Waals surface area (Å²) in [7, 11) is 1.79. The molecule has 0 spiro atoms. The van der Waals surface area contributed by atoms with Crippen molar-refractivity contribution in [3.05, 3.63) is 0 Å². The van der Waals surface area contributed by atoms with Crippen LogP contribution in [-0.2, 0) is 8.85 Å². The first-order valence-corrected chi connectivity index (χ1v) is 6.50. The number of hydrogen-bond acceptors (Lipinski definition) is 2. The minimum Gasteiger partial charge on any atom is -0.399 e. The van der Waals surface area contributed by atoms with Crippen LogP contribution in [0.1, 0.15) is 32.6 Å². The minimum atomic E-state index is -1.56. The Kier molecular flexibility index (Phi) is 8.33. The predicted octanol–water partition coefficient (Wildman–Crippen LogP) is 2.23. The third-order valence-corrected chi connectivity index (χ3v) is 4.53. The Bertz CT molecular complexity index is 99.1. The molecule has 4 heteroatoms. The molecule has 0 saturated heterocycles. The van der Waals surface area contributed by atoms with Crippen molar-refractivity contribution < 1.29 is 8.85 Å². The van der Waals surface area contributed by atoms with Crippen molar-refractivity contribution in [3.8, 4) is 0 Å². The molecule has 0 fully saturated rings. The number of hydrogen-bond donors (Lipinski definition) is 0. The van der Waals surface area contributed by atoms with E-state index < -0.39 is 9.28 Å². The molecule has 0 aromatic carbocycles. The van der Waals surface area contributed by atoms with Gasteiger partial charge < -0.3 is 8.85 Å². The van der Waals surface area contributed by atoms with Crippen LogP contribution in [-0.4, -0.2) is 28.5 Å². The van der Waals surface area contributed by atoms with Crippen molar-refractivity contribution in [1.82, 2.24) is 0 Å². The Morgan fingerprint density at radius 2 is 1.83 bits per heavy atom. The summed E-state index contributed by atoms with van der Waals surface area (Å²) in [5, 5.41) is 0.117. The lowest BCUT2D eigenvalue weighted by Crippen LogP contribution is -2.31. The van der Waals surface area contributed by atoms with Gasteiger partial charge in [0, 0.05) is 14.2 Å². The fourth-order valence-corrected chi connectivity index (χ4v) is 3.18. The second-order valence-electron chi connectivity index (χ2n) is 2.85. The third-order valence-electron chi connectivity index (χ3n) is 1.84. The Morgan fingerprint density at radius 3 is 2.25 bits per heavy atom. The predicted molar refractivity (Wildman–Crippen MR) is 55.0 cm³/mol. The van der Waals surface area contributed by atoms with Crippen molar-refractivity contribution >= 4 is 20.9 Å². The van der Waals surface area contributed by atoms with E-state index in [4.69, 9.17) is 20.5 Å². The molecule has 0 radical (unpaired) electrons. The first-order chi connectivity index (χ1) is 5.76. The SMILES string of the molecule is CCCCCC(Cl)[SiH](OC)OC. The van der Waals surface area contributed by atoms with Crippen LogP contribution in [0.5, 0.6) is 0 Å². The first-order valence-electron chi connectivity index (χ1n) is 4.45. The summed E-state index contributed by atoms with van der Waals surface area (Å²) in [5.74, 6) is 0. The van der Waals surface area contributed by atoms with Gasteiger partial charge in [-0.1, -0.05) is 26.2 Å². The molecular formula is C8H19ClO2Si. The molecule has 1 unspecified atom stereocenters. The molecule has 0 amide bonds. The second-order valence-corrected chi connectivity index (χ2v) is 6.32. The molecule has 0 aliphatic heterocycles. The van der Waals surface area contributed by atoms with Crippen molar-refractivity contribution in [1.29, 1.82) is 0 Å². The maximum absolute atomic E-state index is 6.09. The van der Waals surface area contributed by atoms with E-state index >= 15 is 0 Å². The number of alkyl halides is 1. The fourth-order valence-electron chi connectivity index (χ4n) is 1.12. The number of unbranched alkanes of at least 4 members (excludes halogenated alkanes) is 2. The Balaban J connectivity index is 3.47. The van der Waals surface area contributed by atoms with E-state index in [0.29, 0.717) is 0 Å². The van der Waals surface area contributed by atoms with Gasteiger partial charge in [0.15, 0.2) is 0 Å². The summed E-state index contributed by atoms with van der Waals surface area (Å²) in [5.41, 5.74) is 0. The summed E-state index contributed by atoms with van der Waals surface area (Å²) in [4.78, 5) is 0. The molecule has 0 N–H and O–H groups in total. The molecule has 12 heavy (non-hydrogen) atoms. The molecule has 1 atom stereocenters. The maximum atomic E-state index is 6.09. The molecule has 0 heterocycles. The monoisotopic (exact) mass is 210 g/mol. The highest BCUT2D eigenvalue weighted by molar-refractivity contribution is 6.59. The highest BCUT2D eigenvalue weighted by atomic mass is 35.5. The van der Waals surface area contributed by atoms with Crippen LogP contribution in [0.3, 0.4) is 0 Å². The Morgan fingerprint density at radius 1 is 1.25 bits per heavy atom. The van der Waals surface area contributed by atoms with E-state index in [1.807, 2.05) is 0 Å². The smallest absolute Gasteiger partial charge is 0.339 e. The Hall–Kier alpha value is 0.427. The van der Waals surface area contributed by atoms with Gasteiger partial charge in [0.05, 0.1) is 5.00 Å². The van der Waals surface area contributed by atoms with Gasteiger partial charge in [0.2, 0.25) is 0 Å². The van der Waals surface area contributed by atoms with Gasteiger partial charge in [-0.25, -0.2) is 0 Å². The average molecular weight is 211 g/mol. The van der Waals surface area contributed by atoms with Crippen LogP contribution in [0.25, 0.3) is 0 Å². The van der Waals surface area contributed by atoms with Gasteiger partial charge in [-0.15, -0.1) is 11.6 Å². The zero-order chi connectivity index (χ0) is 9.40. The summed E-state index contributed by atoms with van der Waals surface area (Å²) in [6, 6.07) is 0. The second kappa shape index (κ2) is 8.04. The van der Waals surface area contributed by atoms with Gasteiger partial charge in [0.1, 0.15) is 0 Å². The van der Waals surface area contributed by atoms with Crippen LogP contribution in [0.2, 0.25) is 0 Å². The standard InChI is InChI=1S/C8H19ClO2Si/c1-4-5-6-7-8(9)12(10-2)11-3/h8,12H,4-7H2,1-3H3. The highest BCUT2D eigenvalue weighted by Gasteiger charge is 2.20. The van der Waals surface area contributed by atoms with E-state index in [1.54, 1.807) is 14.2 Å². The quantitative estimate of drug-likeness (QED) is 0.365. The summed E-state index contributed by atoms with van der Waals surface area (Å²) in [6.07, 6.45) is 4.68.